The molecule has 0 spiro atoms. The molecule has 0 amide bonds. The summed E-state index contributed by atoms with van der Waals surface area (Å²) in [6.07, 6.45) is 11.8. The first-order valence-corrected chi connectivity index (χ1v) is 10.7. The topological polar surface area (TPSA) is 0 Å². The van der Waals surface area contributed by atoms with E-state index in [4.69, 9.17) is 0 Å². The largest absolute Gasteiger partial charge is 0.207 e. The SMILES string of the molecule is C/C=C/C1CCC2CC(c3ccc(-c4ccc(C)cc4F)cc3F)CCC2C1. The van der Waals surface area contributed by atoms with Gasteiger partial charge in [-0.05, 0) is 105 Å². The van der Waals surface area contributed by atoms with Crippen LogP contribution in [0.5, 0.6) is 0 Å². The minimum atomic E-state index is -0.287. The average molecular weight is 381 g/mol. The van der Waals surface area contributed by atoms with Gasteiger partial charge in [0.1, 0.15) is 11.6 Å². The Bertz CT molecular complexity index is 867. The van der Waals surface area contributed by atoms with Crippen molar-refractivity contribution < 1.29 is 8.78 Å². The second kappa shape index (κ2) is 8.19. The molecule has 148 valence electrons. The summed E-state index contributed by atoms with van der Waals surface area (Å²) < 4.78 is 29.3. The molecule has 0 heterocycles. The lowest BCUT2D eigenvalue weighted by molar-refractivity contribution is 0.132. The van der Waals surface area contributed by atoms with E-state index in [1.54, 1.807) is 6.07 Å². The lowest BCUT2D eigenvalue weighted by atomic mass is 9.64. The molecule has 28 heavy (non-hydrogen) atoms. The third-order valence-electron chi connectivity index (χ3n) is 6.99. The van der Waals surface area contributed by atoms with Crippen molar-refractivity contribution in [1.29, 1.82) is 0 Å². The predicted octanol–water partition coefficient (Wildman–Crippen LogP) is 7.82. The van der Waals surface area contributed by atoms with E-state index < -0.39 is 0 Å². The molecule has 0 aromatic heterocycles. The summed E-state index contributed by atoms with van der Waals surface area (Å²) in [5, 5.41) is 0. The quantitative estimate of drug-likeness (QED) is 0.476. The standard InChI is InChI=1S/C26H30F2/c1-3-4-18-6-7-20-15-21(9-8-19(20)14-18)24-12-10-22(16-26(24)28)23-11-5-17(2)13-25(23)27/h3-5,10-13,16,18-21H,6-9,14-15H2,1-2H3/b4-3+. The average Bonchev–Trinajstić information content (AvgIpc) is 2.68. The smallest absolute Gasteiger partial charge is 0.131 e. The lowest BCUT2D eigenvalue weighted by Gasteiger charge is -2.42. The summed E-state index contributed by atoms with van der Waals surface area (Å²) >= 11 is 0. The van der Waals surface area contributed by atoms with E-state index in [1.165, 1.54) is 37.8 Å². The van der Waals surface area contributed by atoms with Crippen LogP contribution in [0.4, 0.5) is 8.78 Å². The van der Waals surface area contributed by atoms with Gasteiger partial charge in [-0.15, -0.1) is 0 Å². The maximum Gasteiger partial charge on any atom is 0.131 e. The van der Waals surface area contributed by atoms with Crippen LogP contribution in [0.1, 0.15) is 62.5 Å². The second-order valence-electron chi connectivity index (χ2n) is 8.85. The van der Waals surface area contributed by atoms with E-state index >= 15 is 0 Å². The molecule has 0 N–H and O–H groups in total. The summed E-state index contributed by atoms with van der Waals surface area (Å²) in [4.78, 5) is 0. The highest BCUT2D eigenvalue weighted by molar-refractivity contribution is 5.65. The number of halogens is 2. The van der Waals surface area contributed by atoms with Gasteiger partial charge in [-0.3, -0.25) is 0 Å². The van der Waals surface area contributed by atoms with Gasteiger partial charge >= 0.3 is 0 Å². The molecule has 4 unspecified atom stereocenters. The number of aryl methyl sites for hydroxylation is 1. The molecule has 0 nitrogen and oxygen atoms in total. The van der Waals surface area contributed by atoms with Crippen molar-refractivity contribution >= 4 is 0 Å². The zero-order valence-electron chi connectivity index (χ0n) is 16.9. The fourth-order valence-corrected chi connectivity index (χ4v) is 5.53. The Labute approximate surface area is 167 Å². The fraction of sp³-hybridized carbons (Fsp3) is 0.462. The number of allylic oxidation sites excluding steroid dienone is 2. The van der Waals surface area contributed by atoms with Crippen molar-refractivity contribution in [3.05, 3.63) is 71.3 Å². The second-order valence-corrected chi connectivity index (χ2v) is 8.85. The maximum absolute atomic E-state index is 15.0. The van der Waals surface area contributed by atoms with Crippen molar-refractivity contribution in [3.8, 4) is 11.1 Å². The molecule has 2 saturated carbocycles. The third-order valence-corrected chi connectivity index (χ3v) is 6.99. The summed E-state index contributed by atoms with van der Waals surface area (Å²) in [5.41, 5.74) is 2.80. The molecule has 2 heteroatoms. The normalized spacial score (nSPS) is 27.7. The van der Waals surface area contributed by atoms with Crippen molar-refractivity contribution in [1.82, 2.24) is 0 Å². The van der Waals surface area contributed by atoms with Crippen LogP contribution in [0.25, 0.3) is 11.1 Å². The van der Waals surface area contributed by atoms with Gasteiger partial charge < -0.3 is 0 Å². The number of fused-ring (bicyclic) bond motifs is 1. The van der Waals surface area contributed by atoms with Gasteiger partial charge in [0, 0.05) is 5.56 Å². The molecule has 2 aromatic rings. The summed E-state index contributed by atoms with van der Waals surface area (Å²) in [6, 6.07) is 10.4. The van der Waals surface area contributed by atoms with E-state index in [1.807, 2.05) is 25.1 Å². The lowest BCUT2D eigenvalue weighted by Crippen LogP contribution is -2.30. The fourth-order valence-electron chi connectivity index (χ4n) is 5.53. The van der Waals surface area contributed by atoms with E-state index in [9.17, 15) is 8.78 Å². The zero-order valence-corrected chi connectivity index (χ0v) is 16.9. The van der Waals surface area contributed by atoms with E-state index in [2.05, 4.69) is 19.1 Å². The third kappa shape index (κ3) is 3.92. The molecule has 0 radical (unpaired) electrons. The van der Waals surface area contributed by atoms with Crippen LogP contribution in [0.2, 0.25) is 0 Å². The van der Waals surface area contributed by atoms with Crippen LogP contribution in [0.3, 0.4) is 0 Å². The summed E-state index contributed by atoms with van der Waals surface area (Å²) in [7, 11) is 0. The molecule has 4 rings (SSSR count). The Hall–Kier alpha value is -1.96. The van der Waals surface area contributed by atoms with Crippen LogP contribution in [-0.2, 0) is 0 Å². The van der Waals surface area contributed by atoms with Gasteiger partial charge in [-0.25, -0.2) is 8.78 Å². The Kier molecular flexibility index (Phi) is 5.66. The minimum Gasteiger partial charge on any atom is -0.207 e. The Morgan fingerprint density at radius 1 is 0.857 bits per heavy atom. The highest BCUT2D eigenvalue weighted by atomic mass is 19.1. The van der Waals surface area contributed by atoms with Crippen LogP contribution in [-0.4, -0.2) is 0 Å². The molecular weight excluding hydrogens is 350 g/mol. The molecule has 2 fully saturated rings. The first-order valence-electron chi connectivity index (χ1n) is 10.7. The minimum absolute atomic E-state index is 0.177. The first-order chi connectivity index (χ1) is 13.5. The molecule has 0 aliphatic heterocycles. The molecule has 2 aliphatic carbocycles. The molecule has 4 atom stereocenters. The van der Waals surface area contributed by atoms with Crippen molar-refractivity contribution in [2.24, 2.45) is 17.8 Å². The van der Waals surface area contributed by atoms with Crippen molar-refractivity contribution in [2.45, 2.75) is 58.3 Å². The highest BCUT2D eigenvalue weighted by Crippen LogP contribution is 2.48. The molecule has 0 bridgehead atoms. The van der Waals surface area contributed by atoms with Crippen molar-refractivity contribution in [2.75, 3.05) is 0 Å². The summed E-state index contributed by atoms with van der Waals surface area (Å²) in [6.45, 7) is 3.97. The monoisotopic (exact) mass is 380 g/mol. The van der Waals surface area contributed by atoms with E-state index in [-0.39, 0.29) is 11.6 Å². The summed E-state index contributed by atoms with van der Waals surface area (Å²) in [5.74, 6) is 2.11. The number of hydrogen-bond donors (Lipinski definition) is 0. The number of hydrogen-bond acceptors (Lipinski definition) is 0. The van der Waals surface area contributed by atoms with Crippen LogP contribution in [0.15, 0.2) is 48.6 Å². The van der Waals surface area contributed by atoms with E-state index in [0.717, 1.165) is 41.7 Å². The van der Waals surface area contributed by atoms with Gasteiger partial charge in [0.25, 0.3) is 0 Å². The Morgan fingerprint density at radius 3 is 2.39 bits per heavy atom. The first kappa shape index (κ1) is 19.4. The molecule has 0 saturated heterocycles. The number of benzene rings is 2. The van der Waals surface area contributed by atoms with Crippen LogP contribution in [0, 0.1) is 36.3 Å². The Morgan fingerprint density at radius 2 is 1.64 bits per heavy atom. The Balaban J connectivity index is 1.50. The van der Waals surface area contributed by atoms with Gasteiger partial charge in [0.2, 0.25) is 0 Å². The number of rotatable bonds is 3. The maximum atomic E-state index is 15.0. The highest BCUT2D eigenvalue weighted by Gasteiger charge is 2.36. The molecule has 2 aliphatic rings. The van der Waals surface area contributed by atoms with Gasteiger partial charge in [-0.1, -0.05) is 36.4 Å². The zero-order chi connectivity index (χ0) is 19.7. The predicted molar refractivity (Wildman–Crippen MR) is 112 cm³/mol. The van der Waals surface area contributed by atoms with E-state index in [0.29, 0.717) is 17.0 Å². The van der Waals surface area contributed by atoms with Crippen molar-refractivity contribution in [3.63, 3.8) is 0 Å². The molecule has 2 aromatic carbocycles. The van der Waals surface area contributed by atoms with Crippen LogP contribution >= 0.6 is 0 Å². The molecular formula is C26H30F2. The van der Waals surface area contributed by atoms with Gasteiger partial charge in [0.05, 0.1) is 0 Å². The van der Waals surface area contributed by atoms with Crippen LogP contribution < -0.4 is 0 Å². The van der Waals surface area contributed by atoms with Gasteiger partial charge in [-0.2, -0.15) is 0 Å². The van der Waals surface area contributed by atoms with Gasteiger partial charge in [0.15, 0.2) is 0 Å².